The van der Waals surface area contributed by atoms with Gasteiger partial charge in [0.1, 0.15) is 17.6 Å². The third-order valence-electron chi connectivity index (χ3n) is 5.50. The summed E-state index contributed by atoms with van der Waals surface area (Å²) >= 11 is 0. The Bertz CT molecular complexity index is 1260. The summed E-state index contributed by atoms with van der Waals surface area (Å²) in [6.45, 7) is 1.96. The first-order chi connectivity index (χ1) is 15.0. The number of rotatable bonds is 5. The van der Waals surface area contributed by atoms with Crippen molar-refractivity contribution in [3.63, 3.8) is 0 Å². The zero-order valence-corrected chi connectivity index (χ0v) is 17.1. The van der Waals surface area contributed by atoms with Gasteiger partial charge in [0.15, 0.2) is 17.2 Å². The maximum absolute atomic E-state index is 12.9. The summed E-state index contributed by atoms with van der Waals surface area (Å²) in [5.74, 6) is -0.0906. The van der Waals surface area contributed by atoms with Crippen molar-refractivity contribution < 1.29 is 13.9 Å². The Morgan fingerprint density at radius 3 is 2.84 bits per heavy atom. The number of fused-ring (bicyclic) bond motifs is 1. The Labute approximate surface area is 177 Å². The zero-order valence-electron chi connectivity index (χ0n) is 17.1. The van der Waals surface area contributed by atoms with Gasteiger partial charge in [0.05, 0.1) is 12.3 Å². The molecule has 1 aliphatic rings. The lowest BCUT2D eigenvalue weighted by Gasteiger charge is -2.34. The Kier molecular flexibility index (Phi) is 4.63. The van der Waals surface area contributed by atoms with Gasteiger partial charge in [-0.15, -0.1) is 0 Å². The largest absolute Gasteiger partial charge is 0.443 e. The molecule has 5 rings (SSSR count). The lowest BCUT2D eigenvalue weighted by molar-refractivity contribution is 0.0175. The van der Waals surface area contributed by atoms with Crippen LogP contribution in [-0.2, 0) is 4.74 Å². The molecule has 158 valence electrons. The second-order valence-corrected chi connectivity index (χ2v) is 7.54. The second kappa shape index (κ2) is 7.47. The molecule has 0 spiro atoms. The fourth-order valence-electron chi connectivity index (χ4n) is 3.68. The van der Waals surface area contributed by atoms with Crippen LogP contribution in [0.1, 0.15) is 29.0 Å². The number of imidazole rings is 1. The summed E-state index contributed by atoms with van der Waals surface area (Å²) in [6, 6.07) is 3.77. The van der Waals surface area contributed by atoms with Crippen molar-refractivity contribution in [3.8, 4) is 22.8 Å². The number of hydrogen-bond donors (Lipinski definition) is 2. The molecule has 0 unspecified atom stereocenters. The van der Waals surface area contributed by atoms with E-state index >= 15 is 0 Å². The molecule has 0 bridgehead atoms. The van der Waals surface area contributed by atoms with Crippen molar-refractivity contribution in [1.82, 2.24) is 29.7 Å². The molecule has 10 nitrogen and oxygen atoms in total. The number of pyridine rings is 1. The maximum atomic E-state index is 12.9. The summed E-state index contributed by atoms with van der Waals surface area (Å²) in [6.07, 6.45) is 8.32. The van der Waals surface area contributed by atoms with Crippen LogP contribution in [0.4, 0.5) is 5.82 Å². The Morgan fingerprint density at radius 1 is 1.26 bits per heavy atom. The van der Waals surface area contributed by atoms with Gasteiger partial charge in [0.25, 0.3) is 5.91 Å². The third-order valence-corrected chi connectivity index (χ3v) is 5.50. The van der Waals surface area contributed by atoms with Crippen LogP contribution in [0.25, 0.3) is 28.5 Å². The lowest BCUT2D eigenvalue weighted by Crippen LogP contribution is -2.47. The number of aromatic nitrogens is 5. The van der Waals surface area contributed by atoms with Gasteiger partial charge in [-0.3, -0.25) is 4.79 Å². The second-order valence-electron chi connectivity index (χ2n) is 7.54. The van der Waals surface area contributed by atoms with Crippen LogP contribution >= 0.6 is 0 Å². The van der Waals surface area contributed by atoms with Crippen molar-refractivity contribution in [1.29, 1.82) is 0 Å². The van der Waals surface area contributed by atoms with Crippen molar-refractivity contribution >= 4 is 17.4 Å². The molecule has 4 aromatic rings. The molecule has 1 amide bonds. The predicted molar refractivity (Wildman–Crippen MR) is 112 cm³/mol. The van der Waals surface area contributed by atoms with Gasteiger partial charge in [0.2, 0.25) is 5.89 Å². The number of anilines is 1. The van der Waals surface area contributed by atoms with Gasteiger partial charge >= 0.3 is 0 Å². The number of carbonyl (C=O) groups excluding carboxylic acids is 1. The number of ether oxygens (including phenoxy) is 1. The molecule has 4 aromatic heterocycles. The number of nitrogens with one attached hydrogen (secondary N) is 1. The smallest absolute Gasteiger partial charge is 0.273 e. The number of methoxy groups -OCH3 is 1. The molecule has 0 aliphatic heterocycles. The molecule has 0 atom stereocenters. The number of nitrogens with two attached hydrogens (primary N) is 1. The quantitative estimate of drug-likeness (QED) is 0.503. The highest BCUT2D eigenvalue weighted by Gasteiger charge is 2.32. The molecule has 0 saturated heterocycles. The highest BCUT2D eigenvalue weighted by atomic mass is 16.5. The summed E-state index contributed by atoms with van der Waals surface area (Å²) in [5, 5.41) is 2.95. The molecule has 10 heteroatoms. The molecule has 0 radical (unpaired) electrons. The minimum Gasteiger partial charge on any atom is -0.443 e. The monoisotopic (exact) mass is 419 g/mol. The number of carbonyl (C=O) groups is 1. The molecule has 3 N–H and O–H groups in total. The average Bonchev–Trinajstić information content (AvgIpc) is 3.40. The number of oxazole rings is 1. The normalized spacial score (nSPS) is 18.1. The van der Waals surface area contributed by atoms with Gasteiger partial charge in [0, 0.05) is 36.8 Å². The van der Waals surface area contributed by atoms with Crippen LogP contribution in [0.5, 0.6) is 0 Å². The fraction of sp³-hybridized carbons (Fsp3) is 0.286. The van der Waals surface area contributed by atoms with E-state index in [0.29, 0.717) is 11.4 Å². The standard InChI is InChI=1S/C21H21N7O3/c1-11-9-24-15-4-3-12(10-28(11)15)16-17(21-23-5-6-31-21)27-19(22)18(26-16)20(29)25-13-7-14(8-13)30-2/h3-6,9-10,13-14H,7-8H2,1-2H3,(H2,22,27)(H,25,29). The highest BCUT2D eigenvalue weighted by Crippen LogP contribution is 2.31. The molecule has 31 heavy (non-hydrogen) atoms. The predicted octanol–water partition coefficient (Wildman–Crippen LogP) is 2.24. The van der Waals surface area contributed by atoms with E-state index in [9.17, 15) is 4.79 Å². The molecule has 1 fully saturated rings. The summed E-state index contributed by atoms with van der Waals surface area (Å²) in [7, 11) is 1.67. The SMILES string of the molecule is COC1CC(NC(=O)c2nc(-c3ccc4ncc(C)n4c3)c(-c3ncco3)nc2N)C1. The van der Waals surface area contributed by atoms with Gasteiger partial charge in [-0.25, -0.2) is 19.9 Å². The Hall–Kier alpha value is -3.79. The maximum Gasteiger partial charge on any atom is 0.273 e. The van der Waals surface area contributed by atoms with E-state index in [-0.39, 0.29) is 35.5 Å². The topological polar surface area (TPSA) is 133 Å². The molecule has 0 aromatic carbocycles. The number of aryl methyl sites for hydroxylation is 1. The summed E-state index contributed by atoms with van der Waals surface area (Å²) in [4.78, 5) is 30.5. The third kappa shape index (κ3) is 3.40. The van der Waals surface area contributed by atoms with Crippen LogP contribution in [0.3, 0.4) is 0 Å². The first kappa shape index (κ1) is 19.2. The van der Waals surface area contributed by atoms with Crippen LogP contribution in [0.2, 0.25) is 0 Å². The number of amides is 1. The number of hydrogen-bond acceptors (Lipinski definition) is 8. The molecule has 4 heterocycles. The van der Waals surface area contributed by atoms with E-state index in [0.717, 1.165) is 29.7 Å². The molecular weight excluding hydrogens is 398 g/mol. The first-order valence-electron chi connectivity index (χ1n) is 9.88. The average molecular weight is 419 g/mol. The number of nitrogen functional groups attached to an aromatic ring is 1. The minimum atomic E-state index is -0.371. The Morgan fingerprint density at radius 2 is 2.10 bits per heavy atom. The van der Waals surface area contributed by atoms with Crippen molar-refractivity contribution in [2.24, 2.45) is 0 Å². The molecular formula is C21H21N7O3. The van der Waals surface area contributed by atoms with Gasteiger partial charge in [-0.05, 0) is 31.9 Å². The van der Waals surface area contributed by atoms with Gasteiger partial charge < -0.3 is 24.6 Å². The molecule has 1 aliphatic carbocycles. The first-order valence-corrected chi connectivity index (χ1v) is 9.88. The van der Waals surface area contributed by atoms with E-state index in [2.05, 4.69) is 25.3 Å². The van der Waals surface area contributed by atoms with Gasteiger partial charge in [-0.1, -0.05) is 0 Å². The van der Waals surface area contributed by atoms with Crippen LogP contribution in [-0.4, -0.2) is 49.5 Å². The van der Waals surface area contributed by atoms with Crippen LogP contribution in [0.15, 0.2) is 41.4 Å². The van der Waals surface area contributed by atoms with Crippen molar-refractivity contribution in [3.05, 3.63) is 48.4 Å². The number of nitrogens with zero attached hydrogens (tertiary/aromatic N) is 5. The van der Waals surface area contributed by atoms with E-state index in [1.807, 2.05) is 29.7 Å². The Balaban J connectivity index is 1.58. The zero-order chi connectivity index (χ0) is 21.5. The van der Waals surface area contributed by atoms with Crippen LogP contribution < -0.4 is 11.1 Å². The summed E-state index contributed by atoms with van der Waals surface area (Å²) < 4.78 is 12.7. The van der Waals surface area contributed by atoms with Crippen LogP contribution in [0, 0.1) is 6.92 Å². The lowest BCUT2D eigenvalue weighted by atomic mass is 9.89. The fourth-order valence-corrected chi connectivity index (χ4v) is 3.68. The van der Waals surface area contributed by atoms with E-state index < -0.39 is 0 Å². The molecule has 1 saturated carbocycles. The highest BCUT2D eigenvalue weighted by molar-refractivity contribution is 5.98. The van der Waals surface area contributed by atoms with E-state index in [1.165, 1.54) is 12.5 Å². The van der Waals surface area contributed by atoms with Gasteiger partial charge in [-0.2, -0.15) is 0 Å². The van der Waals surface area contributed by atoms with E-state index in [4.69, 9.17) is 14.9 Å². The summed E-state index contributed by atoms with van der Waals surface area (Å²) in [5.41, 5.74) is 9.49. The van der Waals surface area contributed by atoms with E-state index in [1.54, 1.807) is 13.3 Å². The van der Waals surface area contributed by atoms with Crippen molar-refractivity contribution in [2.75, 3.05) is 12.8 Å². The minimum absolute atomic E-state index is 0.0111. The van der Waals surface area contributed by atoms with Crippen molar-refractivity contribution in [2.45, 2.75) is 31.9 Å².